The lowest BCUT2D eigenvalue weighted by atomic mass is 10.2. The number of hydrogen-bond donors (Lipinski definition) is 0. The molecule has 0 unspecified atom stereocenters. The van der Waals surface area contributed by atoms with Crippen molar-refractivity contribution in [3.05, 3.63) is 36.3 Å². The van der Waals surface area contributed by atoms with Gasteiger partial charge in [-0.05, 0) is 25.1 Å². The average molecular weight is 207 g/mol. The molecule has 1 aromatic carbocycles. The molecule has 4 heteroatoms. The Morgan fingerprint density at radius 3 is 3.07 bits per heavy atom. The van der Waals surface area contributed by atoms with Crippen LogP contribution in [0.2, 0.25) is 0 Å². The Labute approximate surface area is 86.5 Å². The van der Waals surface area contributed by atoms with Crippen LogP contribution in [0.15, 0.2) is 34.9 Å². The molecule has 0 amide bonds. The summed E-state index contributed by atoms with van der Waals surface area (Å²) in [6.07, 6.45) is 1.48. The summed E-state index contributed by atoms with van der Waals surface area (Å²) >= 11 is 0. The van der Waals surface area contributed by atoms with Crippen LogP contribution in [0.25, 0.3) is 11.5 Å². The van der Waals surface area contributed by atoms with E-state index in [0.29, 0.717) is 24.0 Å². The highest BCUT2D eigenvalue weighted by Gasteiger charge is 2.07. The van der Waals surface area contributed by atoms with E-state index in [4.69, 9.17) is 9.15 Å². The van der Waals surface area contributed by atoms with Crippen molar-refractivity contribution < 1.29 is 13.5 Å². The SMILES string of the molecule is CCOc1cnc(-c2cccc(F)c2)o1. The van der Waals surface area contributed by atoms with Gasteiger partial charge in [-0.25, -0.2) is 9.37 Å². The zero-order chi connectivity index (χ0) is 10.7. The van der Waals surface area contributed by atoms with Crippen LogP contribution in [0, 0.1) is 5.82 Å². The van der Waals surface area contributed by atoms with Crippen molar-refractivity contribution in [1.29, 1.82) is 0 Å². The number of nitrogens with zero attached hydrogens (tertiary/aromatic N) is 1. The predicted molar refractivity (Wildman–Crippen MR) is 53.1 cm³/mol. The Hall–Kier alpha value is -1.84. The number of benzene rings is 1. The Bertz CT molecular complexity index is 453. The molecule has 0 bridgehead atoms. The van der Waals surface area contributed by atoms with Crippen LogP contribution in [0.3, 0.4) is 0 Å². The summed E-state index contributed by atoms with van der Waals surface area (Å²) < 4.78 is 23.3. The number of rotatable bonds is 3. The molecule has 2 rings (SSSR count). The maximum absolute atomic E-state index is 12.9. The molecule has 15 heavy (non-hydrogen) atoms. The quantitative estimate of drug-likeness (QED) is 0.776. The molecule has 0 saturated carbocycles. The molecule has 3 nitrogen and oxygen atoms in total. The van der Waals surface area contributed by atoms with E-state index >= 15 is 0 Å². The highest BCUT2D eigenvalue weighted by Crippen LogP contribution is 2.23. The first-order valence-corrected chi connectivity index (χ1v) is 4.64. The minimum atomic E-state index is -0.316. The highest BCUT2D eigenvalue weighted by atomic mass is 19.1. The molecule has 0 atom stereocenters. The summed E-state index contributed by atoms with van der Waals surface area (Å²) in [5.41, 5.74) is 0.598. The smallest absolute Gasteiger partial charge is 0.305 e. The molecule has 0 saturated heterocycles. The van der Waals surface area contributed by atoms with Crippen molar-refractivity contribution in [2.75, 3.05) is 6.61 Å². The second kappa shape index (κ2) is 4.13. The van der Waals surface area contributed by atoms with Crippen molar-refractivity contribution in [1.82, 2.24) is 4.98 Å². The normalized spacial score (nSPS) is 10.3. The molecule has 0 aliphatic heterocycles. The molecule has 1 heterocycles. The molecule has 0 N–H and O–H groups in total. The summed E-state index contributed by atoms with van der Waals surface area (Å²) in [6, 6.07) is 6.07. The van der Waals surface area contributed by atoms with Crippen molar-refractivity contribution in [3.8, 4) is 17.4 Å². The first kappa shape index (κ1) is 9.71. The fraction of sp³-hybridized carbons (Fsp3) is 0.182. The van der Waals surface area contributed by atoms with Gasteiger partial charge in [-0.3, -0.25) is 0 Å². The van der Waals surface area contributed by atoms with E-state index in [1.165, 1.54) is 18.3 Å². The van der Waals surface area contributed by atoms with Crippen LogP contribution < -0.4 is 4.74 Å². The van der Waals surface area contributed by atoms with Crippen molar-refractivity contribution >= 4 is 0 Å². The number of hydrogen-bond acceptors (Lipinski definition) is 3. The first-order chi connectivity index (χ1) is 7.29. The van der Waals surface area contributed by atoms with E-state index in [1.54, 1.807) is 12.1 Å². The lowest BCUT2D eigenvalue weighted by molar-refractivity contribution is 0.260. The molecule has 0 spiro atoms. The largest absolute Gasteiger partial charge is 0.464 e. The second-order valence-electron chi connectivity index (χ2n) is 2.93. The van der Waals surface area contributed by atoms with Crippen LogP contribution in [0.5, 0.6) is 5.95 Å². The van der Waals surface area contributed by atoms with Gasteiger partial charge in [0.1, 0.15) is 12.0 Å². The minimum Gasteiger partial charge on any atom is -0.464 e. The predicted octanol–water partition coefficient (Wildman–Crippen LogP) is 2.88. The van der Waals surface area contributed by atoms with Crippen molar-refractivity contribution in [2.24, 2.45) is 0 Å². The summed E-state index contributed by atoms with van der Waals surface area (Å²) in [5.74, 6) is 0.387. The summed E-state index contributed by atoms with van der Waals surface area (Å²) in [5, 5.41) is 0. The van der Waals surface area contributed by atoms with Gasteiger partial charge in [-0.2, -0.15) is 0 Å². The highest BCUT2D eigenvalue weighted by molar-refractivity contribution is 5.53. The van der Waals surface area contributed by atoms with Gasteiger partial charge < -0.3 is 9.15 Å². The van der Waals surface area contributed by atoms with Gasteiger partial charge in [0.25, 0.3) is 0 Å². The van der Waals surface area contributed by atoms with Crippen LogP contribution >= 0.6 is 0 Å². The van der Waals surface area contributed by atoms with Gasteiger partial charge in [-0.1, -0.05) is 6.07 Å². The number of oxazole rings is 1. The lowest BCUT2D eigenvalue weighted by Gasteiger charge is -1.96. The standard InChI is InChI=1S/C11H10FNO2/c1-2-14-10-7-13-11(15-10)8-4-3-5-9(12)6-8/h3-7H,2H2,1H3. The van der Waals surface area contributed by atoms with Gasteiger partial charge in [0, 0.05) is 5.56 Å². The summed E-state index contributed by atoms with van der Waals surface area (Å²) in [6.45, 7) is 2.36. The zero-order valence-electron chi connectivity index (χ0n) is 8.24. The Balaban J connectivity index is 2.29. The first-order valence-electron chi connectivity index (χ1n) is 4.64. The van der Waals surface area contributed by atoms with Crippen LogP contribution in [0.4, 0.5) is 4.39 Å². The van der Waals surface area contributed by atoms with Gasteiger partial charge in [0.15, 0.2) is 0 Å². The Morgan fingerprint density at radius 2 is 2.33 bits per heavy atom. The molecule has 0 aliphatic rings. The van der Waals surface area contributed by atoms with Crippen molar-refractivity contribution in [2.45, 2.75) is 6.92 Å². The second-order valence-corrected chi connectivity index (χ2v) is 2.93. The van der Waals surface area contributed by atoms with Gasteiger partial charge in [0.2, 0.25) is 5.89 Å². The van der Waals surface area contributed by atoms with Crippen LogP contribution in [-0.2, 0) is 0 Å². The topological polar surface area (TPSA) is 35.3 Å². The summed E-state index contributed by atoms with van der Waals surface area (Å²) in [4.78, 5) is 3.99. The summed E-state index contributed by atoms with van der Waals surface area (Å²) in [7, 11) is 0. The fourth-order valence-electron chi connectivity index (χ4n) is 1.22. The zero-order valence-corrected chi connectivity index (χ0v) is 8.24. The van der Waals surface area contributed by atoms with E-state index in [1.807, 2.05) is 6.92 Å². The monoisotopic (exact) mass is 207 g/mol. The number of halogens is 1. The molecule has 1 aromatic heterocycles. The van der Waals surface area contributed by atoms with E-state index in [9.17, 15) is 4.39 Å². The van der Waals surface area contributed by atoms with E-state index in [2.05, 4.69) is 4.98 Å². The Morgan fingerprint density at radius 1 is 1.47 bits per heavy atom. The average Bonchev–Trinajstić information content (AvgIpc) is 2.67. The number of ether oxygens (including phenoxy) is 1. The molecule has 0 fully saturated rings. The van der Waals surface area contributed by atoms with Crippen LogP contribution in [0.1, 0.15) is 6.92 Å². The third-order valence-corrected chi connectivity index (χ3v) is 1.84. The van der Waals surface area contributed by atoms with E-state index < -0.39 is 0 Å². The molecule has 78 valence electrons. The molecular formula is C11H10FNO2. The molecule has 0 radical (unpaired) electrons. The van der Waals surface area contributed by atoms with Crippen LogP contribution in [-0.4, -0.2) is 11.6 Å². The van der Waals surface area contributed by atoms with Crippen molar-refractivity contribution in [3.63, 3.8) is 0 Å². The lowest BCUT2D eigenvalue weighted by Crippen LogP contribution is -1.87. The van der Waals surface area contributed by atoms with Gasteiger partial charge >= 0.3 is 5.95 Å². The molecule has 0 aliphatic carbocycles. The fourth-order valence-corrected chi connectivity index (χ4v) is 1.22. The maximum Gasteiger partial charge on any atom is 0.305 e. The minimum absolute atomic E-state index is 0.316. The third-order valence-electron chi connectivity index (χ3n) is 1.84. The molecular weight excluding hydrogens is 197 g/mol. The van der Waals surface area contributed by atoms with E-state index in [-0.39, 0.29) is 5.82 Å². The number of aromatic nitrogens is 1. The van der Waals surface area contributed by atoms with E-state index in [0.717, 1.165) is 0 Å². The van der Waals surface area contributed by atoms with Gasteiger partial charge in [-0.15, -0.1) is 0 Å². The maximum atomic E-state index is 12.9. The van der Waals surface area contributed by atoms with Gasteiger partial charge in [0.05, 0.1) is 6.61 Å². The molecule has 2 aromatic rings. The Kier molecular flexibility index (Phi) is 2.67. The third kappa shape index (κ3) is 2.15.